The standard InChI is InChI=1S/C21H19N3O2/c25-21(24-20-3-1-2-11-22-20)23-14-15-4-6-16(7-5-15)17-8-9-19-18(13-17)10-12-26-19/h1-9,11,13H,10,12,14H2,(H2,22,23,24,25). The molecule has 1 aliphatic heterocycles. The van der Waals surface area contributed by atoms with Crippen molar-refractivity contribution in [2.45, 2.75) is 13.0 Å². The topological polar surface area (TPSA) is 63.2 Å². The van der Waals surface area contributed by atoms with Crippen LogP contribution in [0.15, 0.2) is 66.9 Å². The highest BCUT2D eigenvalue weighted by atomic mass is 16.5. The van der Waals surface area contributed by atoms with Gasteiger partial charge in [0.05, 0.1) is 6.61 Å². The van der Waals surface area contributed by atoms with Crippen LogP contribution in [0.25, 0.3) is 11.1 Å². The van der Waals surface area contributed by atoms with E-state index >= 15 is 0 Å². The largest absolute Gasteiger partial charge is 0.493 e. The van der Waals surface area contributed by atoms with Gasteiger partial charge in [0, 0.05) is 19.2 Å². The molecule has 0 aliphatic carbocycles. The molecule has 0 unspecified atom stereocenters. The Labute approximate surface area is 152 Å². The number of carbonyl (C=O) groups excluding carboxylic acids is 1. The van der Waals surface area contributed by atoms with Crippen LogP contribution in [0.3, 0.4) is 0 Å². The summed E-state index contributed by atoms with van der Waals surface area (Å²) in [4.78, 5) is 16.0. The second-order valence-corrected chi connectivity index (χ2v) is 6.14. The molecule has 5 nitrogen and oxygen atoms in total. The molecule has 4 rings (SSSR count). The molecular weight excluding hydrogens is 326 g/mol. The van der Waals surface area contributed by atoms with Crippen molar-refractivity contribution in [3.63, 3.8) is 0 Å². The second-order valence-electron chi connectivity index (χ2n) is 6.14. The predicted octanol–water partition coefficient (Wildman–Crippen LogP) is 4.01. The Morgan fingerprint density at radius 1 is 1.04 bits per heavy atom. The van der Waals surface area contributed by atoms with Crippen LogP contribution < -0.4 is 15.4 Å². The molecule has 2 aromatic carbocycles. The highest BCUT2D eigenvalue weighted by Gasteiger charge is 2.12. The minimum absolute atomic E-state index is 0.272. The zero-order chi connectivity index (χ0) is 17.8. The van der Waals surface area contributed by atoms with Gasteiger partial charge in [-0.1, -0.05) is 36.4 Å². The number of urea groups is 1. The van der Waals surface area contributed by atoms with E-state index in [1.54, 1.807) is 18.3 Å². The van der Waals surface area contributed by atoms with Gasteiger partial charge >= 0.3 is 6.03 Å². The van der Waals surface area contributed by atoms with Gasteiger partial charge in [-0.3, -0.25) is 5.32 Å². The molecule has 0 saturated heterocycles. The van der Waals surface area contributed by atoms with E-state index in [-0.39, 0.29) is 6.03 Å². The van der Waals surface area contributed by atoms with Crippen molar-refractivity contribution in [1.82, 2.24) is 10.3 Å². The lowest BCUT2D eigenvalue weighted by Crippen LogP contribution is -2.28. The third-order valence-corrected chi connectivity index (χ3v) is 4.34. The van der Waals surface area contributed by atoms with Crippen LogP contribution in [0.1, 0.15) is 11.1 Å². The minimum Gasteiger partial charge on any atom is -0.493 e. The average Bonchev–Trinajstić information content (AvgIpc) is 3.15. The molecule has 130 valence electrons. The lowest BCUT2D eigenvalue weighted by molar-refractivity contribution is 0.251. The van der Waals surface area contributed by atoms with Gasteiger partial charge in [-0.05, 0) is 46.5 Å². The number of hydrogen-bond acceptors (Lipinski definition) is 3. The van der Waals surface area contributed by atoms with Gasteiger partial charge in [-0.15, -0.1) is 0 Å². The van der Waals surface area contributed by atoms with Crippen molar-refractivity contribution in [2.75, 3.05) is 11.9 Å². The number of aromatic nitrogens is 1. The third-order valence-electron chi connectivity index (χ3n) is 4.34. The lowest BCUT2D eigenvalue weighted by Gasteiger charge is -2.08. The van der Waals surface area contributed by atoms with E-state index in [2.05, 4.69) is 39.9 Å². The number of amides is 2. The van der Waals surface area contributed by atoms with E-state index in [4.69, 9.17) is 4.74 Å². The zero-order valence-corrected chi connectivity index (χ0v) is 14.2. The molecule has 1 aliphatic rings. The first-order valence-corrected chi connectivity index (χ1v) is 8.59. The Bertz CT molecular complexity index is 908. The number of anilines is 1. The summed E-state index contributed by atoms with van der Waals surface area (Å²) in [6.07, 6.45) is 2.61. The molecular formula is C21H19N3O2. The summed E-state index contributed by atoms with van der Waals surface area (Å²) in [7, 11) is 0. The van der Waals surface area contributed by atoms with Gasteiger partial charge in [0.15, 0.2) is 0 Å². The molecule has 2 amide bonds. The van der Waals surface area contributed by atoms with Crippen LogP contribution in [0.2, 0.25) is 0 Å². The maximum atomic E-state index is 11.9. The van der Waals surface area contributed by atoms with E-state index in [9.17, 15) is 4.79 Å². The quantitative estimate of drug-likeness (QED) is 0.751. The monoisotopic (exact) mass is 345 g/mol. The van der Waals surface area contributed by atoms with Gasteiger partial charge in [0.25, 0.3) is 0 Å². The van der Waals surface area contributed by atoms with Gasteiger partial charge in [0.1, 0.15) is 11.6 Å². The Kier molecular flexibility index (Phi) is 4.51. The van der Waals surface area contributed by atoms with Crippen molar-refractivity contribution < 1.29 is 9.53 Å². The number of hydrogen-bond donors (Lipinski definition) is 2. The molecule has 26 heavy (non-hydrogen) atoms. The molecule has 0 bridgehead atoms. The maximum absolute atomic E-state index is 11.9. The van der Waals surface area contributed by atoms with Crippen molar-refractivity contribution in [1.29, 1.82) is 0 Å². The normalized spacial score (nSPS) is 12.2. The summed E-state index contributed by atoms with van der Waals surface area (Å²) in [6, 6.07) is 19.6. The van der Waals surface area contributed by atoms with Crippen LogP contribution in [-0.2, 0) is 13.0 Å². The Hall–Kier alpha value is -3.34. The molecule has 0 fully saturated rings. The number of fused-ring (bicyclic) bond motifs is 1. The number of pyridine rings is 1. The fourth-order valence-electron chi connectivity index (χ4n) is 2.96. The first-order valence-electron chi connectivity index (χ1n) is 8.59. The third kappa shape index (κ3) is 3.67. The molecule has 0 radical (unpaired) electrons. The van der Waals surface area contributed by atoms with E-state index in [0.717, 1.165) is 29.9 Å². The average molecular weight is 345 g/mol. The minimum atomic E-state index is -0.272. The van der Waals surface area contributed by atoms with Crippen LogP contribution >= 0.6 is 0 Å². The van der Waals surface area contributed by atoms with E-state index in [0.29, 0.717) is 12.4 Å². The Morgan fingerprint density at radius 3 is 2.69 bits per heavy atom. The summed E-state index contributed by atoms with van der Waals surface area (Å²) in [6.45, 7) is 1.22. The van der Waals surface area contributed by atoms with Crippen LogP contribution in [0, 0.1) is 0 Å². The number of benzene rings is 2. The molecule has 0 atom stereocenters. The molecule has 2 heterocycles. The molecule has 0 saturated carbocycles. The van der Waals surface area contributed by atoms with Gasteiger partial charge in [-0.2, -0.15) is 0 Å². The number of nitrogens with one attached hydrogen (secondary N) is 2. The molecule has 0 spiro atoms. The summed E-state index contributed by atoms with van der Waals surface area (Å²) in [5.41, 5.74) is 4.64. The number of nitrogens with zero attached hydrogens (tertiary/aromatic N) is 1. The Balaban J connectivity index is 1.36. The molecule has 3 aromatic rings. The van der Waals surface area contributed by atoms with Crippen molar-refractivity contribution in [2.24, 2.45) is 0 Å². The first-order chi connectivity index (χ1) is 12.8. The SMILES string of the molecule is O=C(NCc1ccc(-c2ccc3c(c2)CCO3)cc1)Nc1ccccn1. The van der Waals surface area contributed by atoms with Gasteiger partial charge in [0.2, 0.25) is 0 Å². The fourth-order valence-corrected chi connectivity index (χ4v) is 2.96. The van der Waals surface area contributed by atoms with Crippen LogP contribution in [-0.4, -0.2) is 17.6 Å². The van der Waals surface area contributed by atoms with Crippen LogP contribution in [0.4, 0.5) is 10.6 Å². The summed E-state index contributed by atoms with van der Waals surface area (Å²) >= 11 is 0. The molecule has 1 aromatic heterocycles. The summed E-state index contributed by atoms with van der Waals surface area (Å²) in [5, 5.41) is 5.53. The van der Waals surface area contributed by atoms with Gasteiger partial charge in [-0.25, -0.2) is 9.78 Å². The first kappa shape index (κ1) is 16.1. The highest BCUT2D eigenvalue weighted by Crippen LogP contribution is 2.30. The zero-order valence-electron chi connectivity index (χ0n) is 14.2. The summed E-state index contributed by atoms with van der Waals surface area (Å²) in [5.74, 6) is 1.52. The summed E-state index contributed by atoms with van der Waals surface area (Å²) < 4.78 is 5.55. The van der Waals surface area contributed by atoms with E-state index in [1.807, 2.05) is 24.3 Å². The molecule has 5 heteroatoms. The van der Waals surface area contributed by atoms with Crippen molar-refractivity contribution in [3.8, 4) is 16.9 Å². The number of rotatable bonds is 4. The van der Waals surface area contributed by atoms with Crippen LogP contribution in [0.5, 0.6) is 5.75 Å². The van der Waals surface area contributed by atoms with Crippen molar-refractivity contribution >= 4 is 11.8 Å². The second kappa shape index (κ2) is 7.27. The maximum Gasteiger partial charge on any atom is 0.320 e. The fraction of sp³-hybridized carbons (Fsp3) is 0.143. The molecule has 2 N–H and O–H groups in total. The van der Waals surface area contributed by atoms with Crippen molar-refractivity contribution in [3.05, 3.63) is 78.0 Å². The van der Waals surface area contributed by atoms with E-state index < -0.39 is 0 Å². The van der Waals surface area contributed by atoms with Gasteiger partial charge < -0.3 is 10.1 Å². The predicted molar refractivity (Wildman–Crippen MR) is 101 cm³/mol. The number of ether oxygens (including phenoxy) is 1. The smallest absolute Gasteiger partial charge is 0.320 e. The Morgan fingerprint density at radius 2 is 1.88 bits per heavy atom. The number of carbonyl (C=O) groups is 1. The lowest BCUT2D eigenvalue weighted by atomic mass is 10.0. The highest BCUT2D eigenvalue weighted by molar-refractivity contribution is 5.88. The van der Waals surface area contributed by atoms with E-state index in [1.165, 1.54) is 11.1 Å².